The number of halogens is 2. The minimum atomic E-state index is -0.576. The lowest BCUT2D eigenvalue weighted by atomic mass is 10.1. The van der Waals surface area contributed by atoms with Crippen LogP contribution in [0, 0.1) is 5.82 Å². The molecular formula is C13H7BrFN3OS2. The number of aromatic nitrogens is 2. The van der Waals surface area contributed by atoms with Gasteiger partial charge < -0.3 is 5.73 Å². The van der Waals surface area contributed by atoms with Gasteiger partial charge in [-0.1, -0.05) is 6.07 Å². The van der Waals surface area contributed by atoms with Crippen molar-refractivity contribution < 1.29 is 9.18 Å². The van der Waals surface area contributed by atoms with Crippen molar-refractivity contribution >= 4 is 54.5 Å². The van der Waals surface area contributed by atoms with E-state index >= 15 is 0 Å². The first-order valence-corrected chi connectivity index (χ1v) is 8.16. The van der Waals surface area contributed by atoms with Gasteiger partial charge in [-0.2, -0.15) is 0 Å². The van der Waals surface area contributed by atoms with Crippen LogP contribution in [0.15, 0.2) is 39.3 Å². The number of thiazole rings is 1. The Balaban J connectivity index is 2.27. The Hall–Kier alpha value is -1.51. The number of fused-ring (bicyclic) bond motifs is 1. The van der Waals surface area contributed by atoms with Crippen molar-refractivity contribution in [2.24, 2.45) is 5.73 Å². The minimum Gasteiger partial charge on any atom is -0.360 e. The normalized spacial score (nSPS) is 11.0. The average Bonchev–Trinajstić information content (AvgIpc) is 2.87. The van der Waals surface area contributed by atoms with E-state index in [1.54, 1.807) is 18.3 Å². The molecule has 106 valence electrons. The Morgan fingerprint density at radius 1 is 1.43 bits per heavy atom. The second-order valence-corrected chi connectivity index (χ2v) is 7.12. The third kappa shape index (κ3) is 2.78. The summed E-state index contributed by atoms with van der Waals surface area (Å²) >= 11 is 5.19. The molecular weight excluding hydrogens is 377 g/mol. The Kier molecular flexibility index (Phi) is 3.92. The van der Waals surface area contributed by atoms with Crippen LogP contribution in [0.4, 0.5) is 9.18 Å². The highest BCUT2D eigenvalue weighted by Gasteiger charge is 2.18. The topological polar surface area (TPSA) is 68.9 Å². The molecule has 1 amide bonds. The highest BCUT2D eigenvalue weighted by molar-refractivity contribution is 9.10. The molecule has 0 saturated carbocycles. The lowest BCUT2D eigenvalue weighted by Crippen LogP contribution is -2.00. The maximum absolute atomic E-state index is 14.2. The smallest absolute Gasteiger partial charge is 0.283 e. The van der Waals surface area contributed by atoms with E-state index in [1.165, 1.54) is 11.3 Å². The van der Waals surface area contributed by atoms with E-state index in [2.05, 4.69) is 25.9 Å². The van der Waals surface area contributed by atoms with Gasteiger partial charge in [0.1, 0.15) is 5.52 Å². The van der Waals surface area contributed by atoms with E-state index < -0.39 is 11.1 Å². The first-order chi connectivity index (χ1) is 10.1. The first-order valence-electron chi connectivity index (χ1n) is 5.73. The quantitative estimate of drug-likeness (QED) is 0.664. The van der Waals surface area contributed by atoms with Crippen LogP contribution in [0.2, 0.25) is 0 Å². The molecule has 0 aliphatic rings. The lowest BCUT2D eigenvalue weighted by Gasteiger charge is -2.04. The van der Waals surface area contributed by atoms with Crippen molar-refractivity contribution in [1.29, 1.82) is 0 Å². The second-order valence-electron chi connectivity index (χ2n) is 4.01. The van der Waals surface area contributed by atoms with E-state index in [1.807, 2.05) is 12.1 Å². The van der Waals surface area contributed by atoms with E-state index in [4.69, 9.17) is 5.73 Å². The van der Waals surface area contributed by atoms with Gasteiger partial charge >= 0.3 is 0 Å². The highest BCUT2D eigenvalue weighted by Crippen LogP contribution is 2.39. The molecule has 3 rings (SSSR count). The fourth-order valence-electron chi connectivity index (χ4n) is 1.84. The van der Waals surface area contributed by atoms with Gasteiger partial charge in [-0.3, -0.25) is 9.78 Å². The van der Waals surface area contributed by atoms with Crippen LogP contribution in [0.5, 0.6) is 0 Å². The standard InChI is InChI=1S/C13H7BrFN3OS2/c14-7-5-6(8-3-1-2-4-17-8)11-10(9(7)15)18-13(20-11)21-12(16)19/h1-5H,(H2,16,19). The summed E-state index contributed by atoms with van der Waals surface area (Å²) in [6.45, 7) is 0. The SMILES string of the molecule is NC(=O)Sc1nc2c(F)c(Br)cc(-c3ccccn3)c2s1. The van der Waals surface area contributed by atoms with Crippen LogP contribution in [0.25, 0.3) is 21.5 Å². The van der Waals surface area contributed by atoms with Crippen molar-refractivity contribution in [3.05, 3.63) is 40.8 Å². The van der Waals surface area contributed by atoms with Crippen molar-refractivity contribution in [2.45, 2.75) is 4.34 Å². The summed E-state index contributed by atoms with van der Waals surface area (Å²) in [7, 11) is 0. The Morgan fingerprint density at radius 2 is 2.24 bits per heavy atom. The summed E-state index contributed by atoms with van der Waals surface area (Å²) in [6, 6.07) is 7.16. The van der Waals surface area contributed by atoms with Gasteiger partial charge in [0.05, 0.1) is 14.9 Å². The monoisotopic (exact) mass is 383 g/mol. The number of carbonyl (C=O) groups is 1. The van der Waals surface area contributed by atoms with Gasteiger partial charge in [-0.25, -0.2) is 9.37 Å². The summed E-state index contributed by atoms with van der Waals surface area (Å²) in [6.07, 6.45) is 1.67. The zero-order valence-electron chi connectivity index (χ0n) is 10.3. The van der Waals surface area contributed by atoms with Crippen LogP contribution in [-0.4, -0.2) is 15.2 Å². The Labute approximate surface area is 135 Å². The van der Waals surface area contributed by atoms with Gasteiger partial charge in [0.15, 0.2) is 10.2 Å². The summed E-state index contributed by atoms with van der Waals surface area (Å²) in [4.78, 5) is 19.4. The molecule has 4 nitrogen and oxygen atoms in total. The molecule has 0 radical (unpaired) electrons. The average molecular weight is 384 g/mol. The summed E-state index contributed by atoms with van der Waals surface area (Å²) in [5, 5.41) is -0.576. The van der Waals surface area contributed by atoms with Gasteiger partial charge in [0.2, 0.25) is 0 Å². The lowest BCUT2D eigenvalue weighted by molar-refractivity contribution is 0.267. The fourth-order valence-corrected chi connectivity index (χ4v) is 4.05. The minimum absolute atomic E-state index is 0.207. The van der Waals surface area contributed by atoms with Gasteiger partial charge in [0, 0.05) is 23.5 Å². The molecule has 1 aromatic carbocycles. The molecule has 2 N–H and O–H groups in total. The number of pyridine rings is 1. The molecule has 3 aromatic rings. The van der Waals surface area contributed by atoms with Gasteiger partial charge in [0.25, 0.3) is 5.24 Å². The van der Waals surface area contributed by atoms with Crippen molar-refractivity contribution in [1.82, 2.24) is 9.97 Å². The molecule has 8 heteroatoms. The van der Waals surface area contributed by atoms with Crippen molar-refractivity contribution in [3.63, 3.8) is 0 Å². The summed E-state index contributed by atoms with van der Waals surface area (Å²) < 4.78 is 15.5. The number of hydrogen-bond acceptors (Lipinski definition) is 5. The molecule has 0 aliphatic carbocycles. The second kappa shape index (κ2) is 5.70. The highest BCUT2D eigenvalue weighted by atomic mass is 79.9. The number of nitrogens with two attached hydrogens (primary N) is 1. The van der Waals surface area contributed by atoms with Crippen LogP contribution in [0.1, 0.15) is 0 Å². The molecule has 0 atom stereocenters. The van der Waals surface area contributed by atoms with Crippen LogP contribution < -0.4 is 5.73 Å². The number of benzene rings is 1. The molecule has 0 unspecified atom stereocenters. The number of hydrogen-bond donors (Lipinski definition) is 1. The molecule has 2 aromatic heterocycles. The van der Waals surface area contributed by atoms with Gasteiger partial charge in [-0.15, -0.1) is 11.3 Å². The number of nitrogens with zero attached hydrogens (tertiary/aromatic N) is 2. The van der Waals surface area contributed by atoms with Gasteiger partial charge in [-0.05, 0) is 34.1 Å². The van der Waals surface area contributed by atoms with Crippen LogP contribution >= 0.6 is 39.0 Å². The predicted molar refractivity (Wildman–Crippen MR) is 85.9 cm³/mol. The number of primary amides is 1. The van der Waals surface area contributed by atoms with E-state index in [9.17, 15) is 9.18 Å². The molecule has 0 bridgehead atoms. The molecule has 0 aliphatic heterocycles. The largest absolute Gasteiger partial charge is 0.360 e. The summed E-state index contributed by atoms with van der Waals surface area (Å²) in [5.41, 5.74) is 6.81. The predicted octanol–water partition coefficient (Wildman–Crippen LogP) is 4.43. The maximum atomic E-state index is 14.2. The third-order valence-electron chi connectivity index (χ3n) is 2.67. The molecule has 21 heavy (non-hydrogen) atoms. The first kappa shape index (κ1) is 14.4. The Bertz CT molecular complexity index is 838. The number of thioether (sulfide) groups is 1. The fraction of sp³-hybridized carbons (Fsp3) is 0. The Morgan fingerprint density at radius 3 is 2.90 bits per heavy atom. The molecule has 0 saturated heterocycles. The van der Waals surface area contributed by atoms with Crippen LogP contribution in [-0.2, 0) is 0 Å². The number of rotatable bonds is 2. The zero-order valence-corrected chi connectivity index (χ0v) is 13.6. The van der Waals surface area contributed by atoms with E-state index in [-0.39, 0.29) is 5.52 Å². The third-order valence-corrected chi connectivity index (χ3v) is 5.10. The maximum Gasteiger partial charge on any atom is 0.283 e. The van der Waals surface area contributed by atoms with Crippen molar-refractivity contribution in [3.8, 4) is 11.3 Å². The summed E-state index contributed by atoms with van der Waals surface area (Å²) in [5.74, 6) is -0.461. The number of carbonyl (C=O) groups excluding carboxylic acids is 1. The van der Waals surface area contributed by atoms with Crippen molar-refractivity contribution in [2.75, 3.05) is 0 Å². The molecule has 0 fully saturated rings. The number of amides is 1. The molecule has 0 spiro atoms. The van der Waals surface area contributed by atoms with E-state index in [0.717, 1.165) is 17.3 Å². The zero-order chi connectivity index (χ0) is 15.0. The van der Waals surface area contributed by atoms with E-state index in [0.29, 0.717) is 19.2 Å². The van der Waals surface area contributed by atoms with Crippen LogP contribution in [0.3, 0.4) is 0 Å². The molecule has 2 heterocycles.